The predicted molar refractivity (Wildman–Crippen MR) is 84.0 cm³/mol. The molecule has 7 heteroatoms. The lowest BCUT2D eigenvalue weighted by Gasteiger charge is -2.43. The van der Waals surface area contributed by atoms with Crippen LogP contribution in [0.15, 0.2) is 0 Å². The number of hydrogen-bond acceptors (Lipinski definition) is 3. The Morgan fingerprint density at radius 1 is 0.682 bits per heavy atom. The summed E-state index contributed by atoms with van der Waals surface area (Å²) in [5.41, 5.74) is -2.11. The molecular formula is C15H31F3O3Si. The summed E-state index contributed by atoms with van der Waals surface area (Å²) >= 11 is 0. The van der Waals surface area contributed by atoms with Gasteiger partial charge in [-0.1, -0.05) is 0 Å². The Morgan fingerprint density at radius 2 is 0.955 bits per heavy atom. The topological polar surface area (TPSA) is 27.7 Å². The van der Waals surface area contributed by atoms with Crippen LogP contribution in [-0.2, 0) is 13.3 Å². The van der Waals surface area contributed by atoms with Crippen LogP contribution in [0.2, 0.25) is 6.04 Å². The summed E-state index contributed by atoms with van der Waals surface area (Å²) in [5.74, 6) is 0. The summed E-state index contributed by atoms with van der Waals surface area (Å²) in [7, 11) is -3.68. The minimum Gasteiger partial charge on any atom is -0.368 e. The van der Waals surface area contributed by atoms with Gasteiger partial charge in [-0.25, -0.2) is 13.2 Å². The van der Waals surface area contributed by atoms with E-state index < -0.39 is 44.2 Å². The van der Waals surface area contributed by atoms with Gasteiger partial charge in [0, 0.05) is 0 Å². The first-order chi connectivity index (χ1) is 9.45. The summed E-state index contributed by atoms with van der Waals surface area (Å²) in [6, 6.07) is -0.573. The molecule has 0 aromatic heterocycles. The highest BCUT2D eigenvalue weighted by molar-refractivity contribution is 6.61. The highest BCUT2D eigenvalue weighted by Gasteiger charge is 2.53. The van der Waals surface area contributed by atoms with Crippen molar-refractivity contribution >= 4 is 8.80 Å². The molecule has 0 heterocycles. The van der Waals surface area contributed by atoms with E-state index in [0.717, 1.165) is 0 Å². The molecule has 0 amide bonds. The number of alkyl halides is 3. The van der Waals surface area contributed by atoms with Crippen LogP contribution in [0, 0.1) is 0 Å². The van der Waals surface area contributed by atoms with Gasteiger partial charge in [-0.15, -0.1) is 0 Å². The van der Waals surface area contributed by atoms with Crippen LogP contribution < -0.4 is 0 Å². The molecule has 0 saturated carbocycles. The van der Waals surface area contributed by atoms with Gasteiger partial charge in [0.1, 0.15) is 0 Å². The van der Waals surface area contributed by atoms with Crippen molar-refractivity contribution in [1.29, 1.82) is 0 Å². The molecule has 0 rings (SSSR count). The summed E-state index contributed by atoms with van der Waals surface area (Å²) < 4.78 is 57.0. The first kappa shape index (κ1) is 21.9. The second-order valence-corrected chi connectivity index (χ2v) is 10.8. The van der Waals surface area contributed by atoms with E-state index in [9.17, 15) is 13.2 Å². The Bertz CT molecular complexity index is 303. The summed E-state index contributed by atoms with van der Waals surface area (Å²) in [5, 5.41) is 0. The Hall–Kier alpha value is -0.113. The number of halogens is 3. The summed E-state index contributed by atoms with van der Waals surface area (Å²) in [6.07, 6.45) is -5.44. The average Bonchev–Trinajstić information content (AvgIpc) is 2.06. The summed E-state index contributed by atoms with van der Waals surface area (Å²) in [6.45, 7) is 15.9. The van der Waals surface area contributed by atoms with Crippen molar-refractivity contribution in [2.75, 3.05) is 0 Å². The molecule has 0 fully saturated rings. The molecule has 0 radical (unpaired) electrons. The second kappa shape index (κ2) is 7.19. The normalized spacial score (nSPS) is 16.2. The Labute approximate surface area is 133 Å². The van der Waals surface area contributed by atoms with Gasteiger partial charge in [0.05, 0.1) is 22.8 Å². The lowest BCUT2D eigenvalue weighted by molar-refractivity contribution is -0.0820. The fourth-order valence-corrected chi connectivity index (χ4v) is 5.74. The standard InChI is InChI=1S/C15H31F3O3Si/c1-13(2,3)19-22(20-14(4,5)6,21-15(7,8)9)10-11(16)12(17)18/h11-12H,10H2,1-9H3. The highest BCUT2D eigenvalue weighted by Crippen LogP contribution is 2.34. The number of rotatable bonds is 6. The van der Waals surface area contributed by atoms with Crippen LogP contribution >= 0.6 is 0 Å². The zero-order chi connectivity index (χ0) is 18.0. The van der Waals surface area contributed by atoms with Crippen molar-refractivity contribution in [3.05, 3.63) is 0 Å². The molecule has 0 aliphatic heterocycles. The molecule has 0 N–H and O–H groups in total. The quantitative estimate of drug-likeness (QED) is 0.637. The molecule has 1 atom stereocenters. The minimum absolute atomic E-state index is 0.573. The molecule has 0 aromatic rings. The molecule has 0 saturated heterocycles. The van der Waals surface area contributed by atoms with Crippen LogP contribution in [0.3, 0.4) is 0 Å². The molecule has 134 valence electrons. The van der Waals surface area contributed by atoms with Gasteiger partial charge in [-0.2, -0.15) is 0 Å². The van der Waals surface area contributed by atoms with Gasteiger partial charge in [0.25, 0.3) is 6.43 Å². The van der Waals surface area contributed by atoms with Crippen molar-refractivity contribution in [3.8, 4) is 0 Å². The Kier molecular flexibility index (Phi) is 7.16. The third-order valence-electron chi connectivity index (χ3n) is 2.10. The molecule has 1 unspecified atom stereocenters. The third kappa shape index (κ3) is 9.81. The van der Waals surface area contributed by atoms with Gasteiger partial charge in [0.15, 0.2) is 6.17 Å². The van der Waals surface area contributed by atoms with Crippen LogP contribution in [-0.4, -0.2) is 38.2 Å². The first-order valence-electron chi connectivity index (χ1n) is 7.47. The maximum absolute atomic E-state index is 13.8. The van der Waals surface area contributed by atoms with Crippen molar-refractivity contribution in [2.24, 2.45) is 0 Å². The van der Waals surface area contributed by atoms with Gasteiger partial charge in [-0.3, -0.25) is 0 Å². The van der Waals surface area contributed by atoms with E-state index in [4.69, 9.17) is 13.3 Å². The summed E-state index contributed by atoms with van der Waals surface area (Å²) in [4.78, 5) is 0. The predicted octanol–water partition coefficient (Wildman–Crippen LogP) is 4.97. The lowest BCUT2D eigenvalue weighted by atomic mass is 10.2. The SMILES string of the molecule is CC(C)(C)O[Si](CC(F)C(F)F)(OC(C)(C)C)OC(C)(C)C. The third-order valence-corrected chi connectivity index (χ3v) is 5.76. The molecule has 0 spiro atoms. The van der Waals surface area contributed by atoms with Crippen molar-refractivity contribution in [1.82, 2.24) is 0 Å². The Balaban J connectivity index is 5.68. The fraction of sp³-hybridized carbons (Fsp3) is 1.00. The monoisotopic (exact) mass is 344 g/mol. The van der Waals surface area contributed by atoms with E-state index in [2.05, 4.69) is 0 Å². The molecule has 0 bridgehead atoms. The Morgan fingerprint density at radius 3 is 1.14 bits per heavy atom. The van der Waals surface area contributed by atoms with E-state index in [1.807, 2.05) is 0 Å². The fourth-order valence-electron chi connectivity index (χ4n) is 1.91. The average molecular weight is 344 g/mol. The van der Waals surface area contributed by atoms with E-state index in [-0.39, 0.29) is 0 Å². The van der Waals surface area contributed by atoms with E-state index >= 15 is 0 Å². The van der Waals surface area contributed by atoms with Gasteiger partial charge < -0.3 is 13.3 Å². The largest absolute Gasteiger partial charge is 0.505 e. The molecule has 22 heavy (non-hydrogen) atoms. The molecule has 3 nitrogen and oxygen atoms in total. The highest BCUT2D eigenvalue weighted by atomic mass is 28.4. The van der Waals surface area contributed by atoms with Crippen LogP contribution in [0.1, 0.15) is 62.3 Å². The zero-order valence-electron chi connectivity index (χ0n) is 15.2. The molecule has 0 aromatic carbocycles. The van der Waals surface area contributed by atoms with Crippen LogP contribution in [0.25, 0.3) is 0 Å². The van der Waals surface area contributed by atoms with Crippen molar-refractivity contribution in [3.63, 3.8) is 0 Å². The number of hydrogen-bond donors (Lipinski definition) is 0. The van der Waals surface area contributed by atoms with Gasteiger partial charge >= 0.3 is 8.80 Å². The smallest absolute Gasteiger partial charge is 0.368 e. The second-order valence-electron chi connectivity index (χ2n) is 8.38. The minimum atomic E-state index is -3.68. The van der Waals surface area contributed by atoms with Crippen LogP contribution in [0.4, 0.5) is 13.2 Å². The van der Waals surface area contributed by atoms with E-state index in [1.165, 1.54) is 0 Å². The van der Waals surface area contributed by atoms with Gasteiger partial charge in [-0.05, 0) is 62.3 Å². The zero-order valence-corrected chi connectivity index (χ0v) is 16.2. The van der Waals surface area contributed by atoms with E-state index in [1.54, 1.807) is 62.3 Å². The molecular weight excluding hydrogens is 313 g/mol. The van der Waals surface area contributed by atoms with Gasteiger partial charge in [0.2, 0.25) is 0 Å². The van der Waals surface area contributed by atoms with Crippen molar-refractivity contribution in [2.45, 2.75) is 97.8 Å². The van der Waals surface area contributed by atoms with Crippen LogP contribution in [0.5, 0.6) is 0 Å². The first-order valence-corrected chi connectivity index (χ1v) is 9.41. The molecule has 0 aliphatic carbocycles. The maximum atomic E-state index is 13.8. The lowest BCUT2D eigenvalue weighted by Crippen LogP contribution is -2.58. The van der Waals surface area contributed by atoms with Crippen molar-refractivity contribution < 1.29 is 26.4 Å². The molecule has 0 aliphatic rings. The maximum Gasteiger partial charge on any atom is 0.505 e. The van der Waals surface area contributed by atoms with E-state index in [0.29, 0.717) is 0 Å².